The Hall–Kier alpha value is -1.22. The van der Waals surface area contributed by atoms with Crippen molar-refractivity contribution in [1.29, 1.82) is 0 Å². The SMILES string of the molecule is Cc1ncc(I)c(=O)n1CC(=O)Nc1ccc(Br)cc1. The molecule has 0 saturated carbocycles. The van der Waals surface area contributed by atoms with Crippen LogP contribution in [0.4, 0.5) is 5.69 Å². The van der Waals surface area contributed by atoms with Gasteiger partial charge in [-0.15, -0.1) is 0 Å². The molecule has 0 atom stereocenters. The second-order valence-corrected chi connectivity index (χ2v) is 6.18. The third kappa shape index (κ3) is 3.66. The molecule has 1 aromatic heterocycles. The molecule has 1 aromatic carbocycles. The molecule has 5 nitrogen and oxygen atoms in total. The molecule has 0 aliphatic rings. The molecule has 0 radical (unpaired) electrons. The molecule has 104 valence electrons. The summed E-state index contributed by atoms with van der Waals surface area (Å²) in [5.41, 5.74) is 0.478. The van der Waals surface area contributed by atoms with Crippen LogP contribution in [0.1, 0.15) is 5.82 Å². The molecule has 1 heterocycles. The summed E-state index contributed by atoms with van der Waals surface area (Å²) in [5.74, 6) is 0.252. The summed E-state index contributed by atoms with van der Waals surface area (Å²) in [6.45, 7) is 1.65. The first-order chi connectivity index (χ1) is 9.47. The minimum absolute atomic E-state index is 0.0510. The van der Waals surface area contributed by atoms with Gasteiger partial charge in [0, 0.05) is 16.4 Å². The van der Waals surface area contributed by atoms with Crippen molar-refractivity contribution in [3.05, 3.63) is 54.7 Å². The van der Waals surface area contributed by atoms with E-state index < -0.39 is 0 Å². The predicted molar refractivity (Wildman–Crippen MR) is 88.7 cm³/mol. The maximum atomic E-state index is 12.0. The normalized spacial score (nSPS) is 10.3. The number of rotatable bonds is 3. The summed E-state index contributed by atoms with van der Waals surface area (Å²) < 4.78 is 2.78. The van der Waals surface area contributed by atoms with Gasteiger partial charge in [0.2, 0.25) is 5.91 Å². The first-order valence-corrected chi connectivity index (χ1v) is 7.62. The quantitative estimate of drug-likeness (QED) is 0.735. The second kappa shape index (κ2) is 6.49. The molecule has 2 aromatic rings. The Kier molecular flexibility index (Phi) is 4.92. The Morgan fingerprint density at radius 1 is 1.40 bits per heavy atom. The third-order valence-electron chi connectivity index (χ3n) is 2.63. The number of nitrogens with zero attached hydrogens (tertiary/aromatic N) is 2. The highest BCUT2D eigenvalue weighted by molar-refractivity contribution is 14.1. The maximum Gasteiger partial charge on any atom is 0.267 e. The topological polar surface area (TPSA) is 64.0 Å². The molecule has 1 amide bonds. The molecule has 0 bridgehead atoms. The number of anilines is 1. The average molecular weight is 448 g/mol. The van der Waals surface area contributed by atoms with Gasteiger partial charge in [0.05, 0.1) is 3.57 Å². The smallest absolute Gasteiger partial charge is 0.267 e. The van der Waals surface area contributed by atoms with Gasteiger partial charge in [-0.05, 0) is 53.8 Å². The van der Waals surface area contributed by atoms with E-state index >= 15 is 0 Å². The third-order valence-corrected chi connectivity index (χ3v) is 3.90. The summed E-state index contributed by atoms with van der Waals surface area (Å²) in [6, 6.07) is 7.23. The summed E-state index contributed by atoms with van der Waals surface area (Å²) in [7, 11) is 0. The van der Waals surface area contributed by atoms with Crippen molar-refractivity contribution in [2.24, 2.45) is 0 Å². The van der Waals surface area contributed by atoms with E-state index in [0.29, 0.717) is 15.1 Å². The molecule has 20 heavy (non-hydrogen) atoms. The molecule has 7 heteroatoms. The van der Waals surface area contributed by atoms with Crippen LogP contribution in [0.25, 0.3) is 0 Å². The molecule has 1 N–H and O–H groups in total. The minimum Gasteiger partial charge on any atom is -0.325 e. The zero-order chi connectivity index (χ0) is 14.7. The van der Waals surface area contributed by atoms with E-state index in [0.717, 1.165) is 4.47 Å². The van der Waals surface area contributed by atoms with Crippen LogP contribution < -0.4 is 10.9 Å². The van der Waals surface area contributed by atoms with Crippen molar-refractivity contribution in [1.82, 2.24) is 9.55 Å². The van der Waals surface area contributed by atoms with Crippen LogP contribution in [0.5, 0.6) is 0 Å². The van der Waals surface area contributed by atoms with Gasteiger partial charge in [-0.2, -0.15) is 0 Å². The second-order valence-electron chi connectivity index (χ2n) is 4.10. The lowest BCUT2D eigenvalue weighted by Gasteiger charge is -2.10. The summed E-state index contributed by atoms with van der Waals surface area (Å²) in [6.07, 6.45) is 1.50. The van der Waals surface area contributed by atoms with Crippen molar-refractivity contribution in [3.8, 4) is 0 Å². The predicted octanol–water partition coefficient (Wildman–Crippen LogP) is 2.56. The monoisotopic (exact) mass is 447 g/mol. The van der Waals surface area contributed by atoms with Crippen LogP contribution in [0, 0.1) is 10.5 Å². The van der Waals surface area contributed by atoms with Crippen molar-refractivity contribution in [2.45, 2.75) is 13.5 Å². The van der Waals surface area contributed by atoms with Gasteiger partial charge in [0.15, 0.2) is 0 Å². The Labute approximate surface area is 137 Å². The van der Waals surface area contributed by atoms with Gasteiger partial charge in [-0.25, -0.2) is 4.98 Å². The van der Waals surface area contributed by atoms with Gasteiger partial charge in [-0.1, -0.05) is 15.9 Å². The highest BCUT2D eigenvalue weighted by atomic mass is 127. The molecule has 0 saturated heterocycles. The van der Waals surface area contributed by atoms with Crippen LogP contribution in [0.15, 0.2) is 39.7 Å². The van der Waals surface area contributed by atoms with Crippen molar-refractivity contribution in [3.63, 3.8) is 0 Å². The Morgan fingerprint density at radius 3 is 2.70 bits per heavy atom. The molecule has 0 fully saturated rings. The molecule has 2 rings (SSSR count). The lowest BCUT2D eigenvalue weighted by Crippen LogP contribution is -2.31. The summed E-state index contributed by atoms with van der Waals surface area (Å²) in [5, 5.41) is 2.74. The fourth-order valence-electron chi connectivity index (χ4n) is 1.61. The zero-order valence-corrected chi connectivity index (χ0v) is 14.3. The number of hydrogen-bond acceptors (Lipinski definition) is 3. The lowest BCUT2D eigenvalue weighted by molar-refractivity contribution is -0.116. The van der Waals surface area contributed by atoms with E-state index in [2.05, 4.69) is 26.2 Å². The molecule has 0 unspecified atom stereocenters. The largest absolute Gasteiger partial charge is 0.325 e. The van der Waals surface area contributed by atoms with E-state index in [9.17, 15) is 9.59 Å². The Bertz CT molecular complexity index is 698. The molecular weight excluding hydrogens is 437 g/mol. The number of benzene rings is 1. The van der Waals surface area contributed by atoms with Gasteiger partial charge in [-0.3, -0.25) is 14.2 Å². The standard InChI is InChI=1S/C13H11BrIN3O2/c1-8-16-6-11(15)13(20)18(8)7-12(19)17-10-4-2-9(14)3-5-10/h2-6H,7H2,1H3,(H,17,19). The highest BCUT2D eigenvalue weighted by Gasteiger charge is 2.10. The Morgan fingerprint density at radius 2 is 2.05 bits per heavy atom. The van der Waals surface area contributed by atoms with Crippen LogP contribution in [-0.4, -0.2) is 15.5 Å². The van der Waals surface area contributed by atoms with E-state index in [4.69, 9.17) is 0 Å². The van der Waals surface area contributed by atoms with E-state index in [-0.39, 0.29) is 18.0 Å². The fourth-order valence-corrected chi connectivity index (χ4v) is 2.31. The lowest BCUT2D eigenvalue weighted by atomic mass is 10.3. The van der Waals surface area contributed by atoms with E-state index in [1.165, 1.54) is 10.8 Å². The van der Waals surface area contributed by atoms with Gasteiger partial charge >= 0.3 is 0 Å². The fraction of sp³-hybridized carbons (Fsp3) is 0.154. The number of halogens is 2. The number of carbonyl (C=O) groups excluding carboxylic acids is 1. The number of carbonyl (C=O) groups is 1. The minimum atomic E-state index is -0.263. The van der Waals surface area contributed by atoms with Crippen molar-refractivity contribution >= 4 is 50.1 Å². The molecule has 0 spiro atoms. The van der Waals surface area contributed by atoms with E-state index in [1.807, 2.05) is 34.7 Å². The van der Waals surface area contributed by atoms with E-state index in [1.54, 1.807) is 19.1 Å². The Balaban J connectivity index is 2.15. The summed E-state index contributed by atoms with van der Waals surface area (Å²) >= 11 is 5.23. The number of aryl methyl sites for hydroxylation is 1. The van der Waals surface area contributed by atoms with Crippen LogP contribution in [0.3, 0.4) is 0 Å². The van der Waals surface area contributed by atoms with Gasteiger partial charge < -0.3 is 5.32 Å². The number of amides is 1. The molecule has 0 aliphatic heterocycles. The number of aromatic nitrogens is 2. The zero-order valence-electron chi connectivity index (χ0n) is 10.6. The van der Waals surface area contributed by atoms with Gasteiger partial charge in [0.25, 0.3) is 5.56 Å². The van der Waals surface area contributed by atoms with Crippen LogP contribution in [-0.2, 0) is 11.3 Å². The molecule has 0 aliphatic carbocycles. The summed E-state index contributed by atoms with van der Waals surface area (Å²) in [4.78, 5) is 28.0. The van der Waals surface area contributed by atoms with Gasteiger partial charge in [0.1, 0.15) is 12.4 Å². The highest BCUT2D eigenvalue weighted by Crippen LogP contribution is 2.14. The first-order valence-electron chi connectivity index (χ1n) is 5.75. The van der Waals surface area contributed by atoms with Crippen LogP contribution >= 0.6 is 38.5 Å². The maximum absolute atomic E-state index is 12.0. The molecular formula is C13H11BrIN3O2. The first kappa shape index (κ1) is 15.2. The van der Waals surface area contributed by atoms with Crippen molar-refractivity contribution < 1.29 is 4.79 Å². The average Bonchev–Trinajstić information content (AvgIpc) is 2.42. The number of hydrogen-bond donors (Lipinski definition) is 1. The van der Waals surface area contributed by atoms with Crippen LogP contribution in [0.2, 0.25) is 0 Å². The number of nitrogens with one attached hydrogen (secondary N) is 1. The van der Waals surface area contributed by atoms with Crippen molar-refractivity contribution in [2.75, 3.05) is 5.32 Å².